The number of hydrogen-bond donors (Lipinski definition) is 5. The van der Waals surface area contributed by atoms with Crippen LogP contribution in [0.25, 0.3) is 0 Å². The number of unbranched alkanes of at least 4 members (excludes halogenated alkanes) is 1. The third-order valence-corrected chi connectivity index (χ3v) is 6.57. The van der Waals surface area contributed by atoms with Crippen molar-refractivity contribution in [1.29, 1.82) is 0 Å². The normalized spacial score (nSPS) is 16.1. The smallest absolute Gasteiger partial charge is 0.303 e. The van der Waals surface area contributed by atoms with Gasteiger partial charge in [0.1, 0.15) is 12.1 Å². The molecule has 5 N–H and O–H groups in total. The minimum absolute atomic E-state index is 0.00349. The predicted molar refractivity (Wildman–Crippen MR) is 148 cm³/mol. The predicted octanol–water partition coefficient (Wildman–Crippen LogP) is 0.723. The Hall–Kier alpha value is -4.29. The molecule has 3 unspecified atom stereocenters. The highest BCUT2D eigenvalue weighted by Crippen LogP contribution is 2.18. The number of rotatable bonds is 16. The maximum absolute atomic E-state index is 12.8. The lowest BCUT2D eigenvalue weighted by Crippen LogP contribution is -2.51. The highest BCUT2D eigenvalue weighted by atomic mass is 16.4. The molecule has 0 saturated carbocycles. The number of carbonyl (C=O) groups is 7. The van der Waals surface area contributed by atoms with Crippen molar-refractivity contribution in [3.8, 4) is 0 Å². The number of anilines is 1. The second-order valence-electron chi connectivity index (χ2n) is 10.1. The molecule has 41 heavy (non-hydrogen) atoms. The molecule has 2 rings (SSSR count). The first-order valence-corrected chi connectivity index (χ1v) is 13.7. The molecule has 1 aromatic rings. The van der Waals surface area contributed by atoms with Crippen LogP contribution in [0.5, 0.6) is 0 Å². The van der Waals surface area contributed by atoms with E-state index in [1.807, 2.05) is 0 Å². The monoisotopic (exact) mass is 573 g/mol. The van der Waals surface area contributed by atoms with E-state index in [4.69, 9.17) is 5.11 Å². The Bertz CT molecular complexity index is 1140. The van der Waals surface area contributed by atoms with Gasteiger partial charge in [0.15, 0.2) is 0 Å². The first-order chi connectivity index (χ1) is 19.4. The Labute approximate surface area is 238 Å². The van der Waals surface area contributed by atoms with Gasteiger partial charge in [-0.15, -0.1) is 0 Å². The summed E-state index contributed by atoms with van der Waals surface area (Å²) >= 11 is 0. The zero-order chi connectivity index (χ0) is 30.5. The Morgan fingerprint density at radius 3 is 2.27 bits per heavy atom. The van der Waals surface area contributed by atoms with Crippen LogP contribution in [0.15, 0.2) is 24.3 Å². The quantitative estimate of drug-likeness (QED) is 0.141. The third-order valence-electron chi connectivity index (χ3n) is 6.57. The van der Waals surface area contributed by atoms with Crippen molar-refractivity contribution in [3.05, 3.63) is 29.8 Å². The minimum Gasteiger partial charge on any atom is -0.481 e. The first-order valence-electron chi connectivity index (χ1n) is 13.7. The van der Waals surface area contributed by atoms with E-state index in [1.54, 1.807) is 31.2 Å². The first kappa shape index (κ1) is 32.9. The standard InChI is InChI=1S/C28H39N5O8/c1-17-16-24(36)33(28(17)41)15-13-23(35)29-14-5-4-6-22(31-19(3)34)27(40)30-18(2)26(39)32-21-10-7-20(8-11-21)9-12-25(37)38/h7-8,10-11,17-18,22H,4-6,9,12-16H2,1-3H3,(H,29,35)(H,30,40)(H,31,34)(H,32,39)(H,37,38). The summed E-state index contributed by atoms with van der Waals surface area (Å²) in [6.07, 6.45) is 1.84. The summed E-state index contributed by atoms with van der Waals surface area (Å²) < 4.78 is 0. The van der Waals surface area contributed by atoms with Crippen LogP contribution in [-0.4, -0.2) is 76.6 Å². The molecule has 0 bridgehead atoms. The number of imide groups is 1. The van der Waals surface area contributed by atoms with Crippen molar-refractivity contribution in [2.24, 2.45) is 5.92 Å². The topological polar surface area (TPSA) is 191 Å². The van der Waals surface area contributed by atoms with Crippen molar-refractivity contribution in [3.63, 3.8) is 0 Å². The van der Waals surface area contributed by atoms with Crippen LogP contribution in [0.1, 0.15) is 64.9 Å². The van der Waals surface area contributed by atoms with Gasteiger partial charge in [-0.05, 0) is 50.3 Å². The lowest BCUT2D eigenvalue weighted by Gasteiger charge is -2.21. The van der Waals surface area contributed by atoms with Crippen LogP contribution < -0.4 is 21.3 Å². The third kappa shape index (κ3) is 11.4. The van der Waals surface area contributed by atoms with Gasteiger partial charge in [-0.3, -0.25) is 38.5 Å². The molecular weight excluding hydrogens is 534 g/mol. The van der Waals surface area contributed by atoms with Crippen molar-refractivity contribution < 1.29 is 38.7 Å². The number of nitrogens with zero attached hydrogens (tertiary/aromatic N) is 1. The number of carbonyl (C=O) groups excluding carboxylic acids is 6. The lowest BCUT2D eigenvalue weighted by atomic mass is 10.1. The maximum Gasteiger partial charge on any atom is 0.303 e. The highest BCUT2D eigenvalue weighted by Gasteiger charge is 2.35. The molecule has 1 heterocycles. The Morgan fingerprint density at radius 2 is 1.68 bits per heavy atom. The summed E-state index contributed by atoms with van der Waals surface area (Å²) in [4.78, 5) is 84.7. The minimum atomic E-state index is -0.901. The number of hydrogen-bond acceptors (Lipinski definition) is 7. The van der Waals surface area contributed by atoms with Crippen LogP contribution in [0, 0.1) is 5.92 Å². The van der Waals surface area contributed by atoms with Crippen LogP contribution in [0.4, 0.5) is 5.69 Å². The zero-order valence-corrected chi connectivity index (χ0v) is 23.7. The van der Waals surface area contributed by atoms with Gasteiger partial charge in [-0.25, -0.2) is 0 Å². The zero-order valence-electron chi connectivity index (χ0n) is 23.7. The number of benzene rings is 1. The molecule has 1 aromatic carbocycles. The van der Waals surface area contributed by atoms with E-state index in [0.717, 1.165) is 10.5 Å². The molecule has 0 aliphatic carbocycles. The van der Waals surface area contributed by atoms with Crippen molar-refractivity contribution in [2.45, 2.75) is 77.8 Å². The van der Waals surface area contributed by atoms with Crippen LogP contribution >= 0.6 is 0 Å². The van der Waals surface area contributed by atoms with Gasteiger partial charge in [0.05, 0.1) is 0 Å². The van der Waals surface area contributed by atoms with Crippen LogP contribution in [0.2, 0.25) is 0 Å². The summed E-state index contributed by atoms with van der Waals surface area (Å²) in [6, 6.07) is 4.95. The molecule has 0 spiro atoms. The molecular formula is C28H39N5O8. The van der Waals surface area contributed by atoms with Gasteiger partial charge in [-0.2, -0.15) is 0 Å². The van der Waals surface area contributed by atoms with Gasteiger partial charge >= 0.3 is 5.97 Å². The summed E-state index contributed by atoms with van der Waals surface area (Å²) in [5.41, 5.74) is 1.30. The summed E-state index contributed by atoms with van der Waals surface area (Å²) in [6.45, 7) is 4.84. The largest absolute Gasteiger partial charge is 0.481 e. The molecule has 6 amide bonds. The molecule has 3 atom stereocenters. The number of amides is 6. The number of likely N-dealkylation sites (tertiary alicyclic amines) is 1. The van der Waals surface area contributed by atoms with E-state index in [-0.39, 0.29) is 55.9 Å². The highest BCUT2D eigenvalue weighted by molar-refractivity contribution is 6.03. The Balaban J connectivity index is 1.74. The summed E-state index contributed by atoms with van der Waals surface area (Å²) in [5.74, 6) is -3.47. The van der Waals surface area contributed by atoms with Crippen molar-refractivity contribution in [2.75, 3.05) is 18.4 Å². The lowest BCUT2D eigenvalue weighted by molar-refractivity contribution is -0.140. The molecule has 1 saturated heterocycles. The fourth-order valence-corrected chi connectivity index (χ4v) is 4.24. The molecule has 1 aliphatic rings. The second kappa shape index (κ2) is 16.1. The maximum atomic E-state index is 12.8. The number of carboxylic acid groups (broad SMARTS) is 1. The van der Waals surface area contributed by atoms with E-state index in [1.165, 1.54) is 13.8 Å². The number of carboxylic acids is 1. The fraction of sp³-hybridized carbons (Fsp3) is 0.536. The van der Waals surface area contributed by atoms with Gasteiger partial charge < -0.3 is 26.4 Å². The number of aryl methyl sites for hydroxylation is 1. The molecule has 0 radical (unpaired) electrons. The average Bonchev–Trinajstić information content (AvgIpc) is 3.15. The summed E-state index contributed by atoms with van der Waals surface area (Å²) in [7, 11) is 0. The van der Waals surface area contributed by atoms with E-state index in [2.05, 4.69) is 21.3 Å². The molecule has 1 aliphatic heterocycles. The Kier molecular flexibility index (Phi) is 12.9. The van der Waals surface area contributed by atoms with E-state index < -0.39 is 35.8 Å². The molecule has 224 valence electrons. The van der Waals surface area contributed by atoms with Gasteiger partial charge in [0.2, 0.25) is 35.4 Å². The SMILES string of the molecule is CC(=O)NC(CCCCNC(=O)CCN1C(=O)CC(C)C1=O)C(=O)NC(C)C(=O)Nc1ccc(CCC(=O)O)cc1. The number of nitrogens with one attached hydrogen (secondary N) is 4. The van der Waals surface area contributed by atoms with Crippen molar-refractivity contribution >= 4 is 47.1 Å². The summed E-state index contributed by atoms with van der Waals surface area (Å²) in [5, 5.41) is 19.4. The molecule has 13 nitrogen and oxygen atoms in total. The fourth-order valence-electron chi connectivity index (χ4n) is 4.24. The number of aliphatic carboxylic acids is 1. The van der Waals surface area contributed by atoms with Crippen molar-refractivity contribution in [1.82, 2.24) is 20.9 Å². The van der Waals surface area contributed by atoms with Gasteiger partial charge in [0.25, 0.3) is 0 Å². The Morgan fingerprint density at radius 1 is 1.00 bits per heavy atom. The van der Waals surface area contributed by atoms with E-state index >= 15 is 0 Å². The molecule has 0 aromatic heterocycles. The average molecular weight is 574 g/mol. The van der Waals surface area contributed by atoms with Crippen LogP contribution in [-0.2, 0) is 40.0 Å². The van der Waals surface area contributed by atoms with Gasteiger partial charge in [-0.1, -0.05) is 19.1 Å². The second-order valence-corrected chi connectivity index (χ2v) is 10.1. The van der Waals surface area contributed by atoms with E-state index in [9.17, 15) is 33.6 Å². The van der Waals surface area contributed by atoms with E-state index in [0.29, 0.717) is 31.5 Å². The molecule has 1 fully saturated rings. The van der Waals surface area contributed by atoms with Crippen LogP contribution in [0.3, 0.4) is 0 Å². The van der Waals surface area contributed by atoms with Gasteiger partial charge in [0, 0.05) is 50.9 Å². The molecule has 13 heteroatoms.